The third-order valence-electron chi connectivity index (χ3n) is 2.51. The molecule has 96 valence electrons. The number of rotatable bonds is 5. The van der Waals surface area contributed by atoms with Crippen molar-refractivity contribution in [2.45, 2.75) is 33.4 Å². The summed E-state index contributed by atoms with van der Waals surface area (Å²) >= 11 is 0. The van der Waals surface area contributed by atoms with E-state index in [9.17, 15) is 0 Å². The van der Waals surface area contributed by atoms with Crippen LogP contribution in [0.4, 0.5) is 0 Å². The number of pyridine rings is 1. The Morgan fingerprint density at radius 3 is 2.94 bits per heavy atom. The zero-order valence-corrected chi connectivity index (χ0v) is 10.8. The number of hydrogen-bond acceptors (Lipinski definition) is 4. The predicted octanol–water partition coefficient (Wildman–Crippen LogP) is 2.25. The molecule has 0 aromatic carbocycles. The number of ether oxygens (including phenoxy) is 1. The van der Waals surface area contributed by atoms with Gasteiger partial charge in [-0.3, -0.25) is 4.68 Å². The second-order valence-corrected chi connectivity index (χ2v) is 4.20. The first kappa shape index (κ1) is 12.6. The Bertz CT molecular complexity index is 521. The molecule has 0 aliphatic rings. The maximum atomic E-state index is 5.68. The van der Waals surface area contributed by atoms with Gasteiger partial charge in [-0.2, -0.15) is 5.10 Å². The van der Waals surface area contributed by atoms with Crippen LogP contribution in [-0.2, 0) is 13.1 Å². The number of aromatic nitrogens is 3. The first-order valence-electron chi connectivity index (χ1n) is 6.09. The standard InChI is InChI=1S/C13H18N4O/c1-3-4-17-9-12(8-15-17)18-13-6-11(7-14)5-10(2)16-13/h5-6,8-9H,3-4,7,14H2,1-2H3. The molecule has 18 heavy (non-hydrogen) atoms. The summed E-state index contributed by atoms with van der Waals surface area (Å²) in [5, 5.41) is 4.21. The molecule has 0 fully saturated rings. The Hall–Kier alpha value is -1.88. The van der Waals surface area contributed by atoms with Crippen molar-refractivity contribution in [3.05, 3.63) is 35.8 Å². The van der Waals surface area contributed by atoms with Gasteiger partial charge in [0.25, 0.3) is 0 Å². The third-order valence-corrected chi connectivity index (χ3v) is 2.51. The van der Waals surface area contributed by atoms with Gasteiger partial charge >= 0.3 is 0 Å². The highest BCUT2D eigenvalue weighted by atomic mass is 16.5. The van der Waals surface area contributed by atoms with Crippen LogP contribution in [0, 0.1) is 6.92 Å². The molecule has 0 atom stereocenters. The zero-order valence-electron chi connectivity index (χ0n) is 10.8. The van der Waals surface area contributed by atoms with E-state index in [1.165, 1.54) is 0 Å². The molecule has 5 nitrogen and oxygen atoms in total. The van der Waals surface area contributed by atoms with Crippen LogP contribution in [0.3, 0.4) is 0 Å². The maximum absolute atomic E-state index is 5.68. The van der Waals surface area contributed by atoms with E-state index in [2.05, 4.69) is 17.0 Å². The van der Waals surface area contributed by atoms with Crippen molar-refractivity contribution < 1.29 is 4.74 Å². The van der Waals surface area contributed by atoms with E-state index in [0.29, 0.717) is 18.2 Å². The minimum Gasteiger partial charge on any atom is -0.436 e. The maximum Gasteiger partial charge on any atom is 0.219 e. The molecule has 0 spiro atoms. The molecule has 2 heterocycles. The lowest BCUT2D eigenvalue weighted by molar-refractivity contribution is 0.459. The van der Waals surface area contributed by atoms with Gasteiger partial charge in [0.2, 0.25) is 5.88 Å². The summed E-state index contributed by atoms with van der Waals surface area (Å²) < 4.78 is 7.53. The number of hydrogen-bond donors (Lipinski definition) is 1. The van der Waals surface area contributed by atoms with Crippen LogP contribution < -0.4 is 10.5 Å². The van der Waals surface area contributed by atoms with Crippen LogP contribution >= 0.6 is 0 Å². The Kier molecular flexibility index (Phi) is 3.94. The largest absolute Gasteiger partial charge is 0.436 e. The average molecular weight is 246 g/mol. The molecule has 2 aromatic heterocycles. The van der Waals surface area contributed by atoms with Crippen LogP contribution in [0.5, 0.6) is 11.6 Å². The van der Waals surface area contributed by atoms with Crippen molar-refractivity contribution in [2.75, 3.05) is 0 Å². The minimum atomic E-state index is 0.481. The molecule has 2 aromatic rings. The fourth-order valence-corrected chi connectivity index (χ4v) is 1.75. The summed E-state index contributed by atoms with van der Waals surface area (Å²) in [4.78, 5) is 4.32. The van der Waals surface area contributed by atoms with Gasteiger partial charge in [0, 0.05) is 24.8 Å². The van der Waals surface area contributed by atoms with Gasteiger partial charge in [0.1, 0.15) is 0 Å². The number of aryl methyl sites for hydroxylation is 2. The lowest BCUT2D eigenvalue weighted by atomic mass is 10.2. The molecule has 0 unspecified atom stereocenters. The molecule has 2 N–H and O–H groups in total. The van der Waals surface area contributed by atoms with Gasteiger partial charge in [-0.05, 0) is 25.0 Å². The Morgan fingerprint density at radius 2 is 2.22 bits per heavy atom. The highest BCUT2D eigenvalue weighted by molar-refractivity contribution is 5.28. The van der Waals surface area contributed by atoms with Crippen molar-refractivity contribution >= 4 is 0 Å². The molecule has 0 saturated heterocycles. The topological polar surface area (TPSA) is 66.0 Å². The fraction of sp³-hybridized carbons (Fsp3) is 0.385. The van der Waals surface area contributed by atoms with Gasteiger partial charge in [-0.15, -0.1) is 0 Å². The quantitative estimate of drug-likeness (QED) is 0.878. The van der Waals surface area contributed by atoms with E-state index in [1.807, 2.05) is 29.9 Å². The fourth-order valence-electron chi connectivity index (χ4n) is 1.75. The molecule has 0 amide bonds. The first-order valence-corrected chi connectivity index (χ1v) is 6.09. The van der Waals surface area contributed by atoms with E-state index < -0.39 is 0 Å². The second-order valence-electron chi connectivity index (χ2n) is 4.20. The first-order chi connectivity index (χ1) is 8.71. The van der Waals surface area contributed by atoms with E-state index in [0.717, 1.165) is 24.2 Å². The lowest BCUT2D eigenvalue weighted by Crippen LogP contribution is -1.99. The van der Waals surface area contributed by atoms with Crippen LogP contribution in [0.2, 0.25) is 0 Å². The molecular formula is C13H18N4O. The Labute approximate surface area is 107 Å². The van der Waals surface area contributed by atoms with E-state index in [4.69, 9.17) is 10.5 Å². The monoisotopic (exact) mass is 246 g/mol. The molecular weight excluding hydrogens is 228 g/mol. The summed E-state index contributed by atoms with van der Waals surface area (Å²) in [5.74, 6) is 1.26. The summed E-state index contributed by atoms with van der Waals surface area (Å²) in [5.41, 5.74) is 7.53. The molecule has 0 saturated carbocycles. The average Bonchev–Trinajstić information content (AvgIpc) is 2.76. The summed E-state index contributed by atoms with van der Waals surface area (Å²) in [6, 6.07) is 3.80. The van der Waals surface area contributed by atoms with Crippen molar-refractivity contribution in [2.24, 2.45) is 5.73 Å². The molecule has 0 aliphatic carbocycles. The van der Waals surface area contributed by atoms with Crippen molar-refractivity contribution in [3.8, 4) is 11.6 Å². The van der Waals surface area contributed by atoms with Gasteiger partial charge in [0.05, 0.1) is 12.4 Å². The van der Waals surface area contributed by atoms with Gasteiger partial charge < -0.3 is 10.5 Å². The van der Waals surface area contributed by atoms with Crippen LogP contribution in [0.1, 0.15) is 24.6 Å². The molecule has 0 aliphatic heterocycles. The van der Waals surface area contributed by atoms with Crippen LogP contribution in [-0.4, -0.2) is 14.8 Å². The van der Waals surface area contributed by atoms with Crippen molar-refractivity contribution in [3.63, 3.8) is 0 Å². The van der Waals surface area contributed by atoms with E-state index >= 15 is 0 Å². The second kappa shape index (κ2) is 5.64. The summed E-state index contributed by atoms with van der Waals surface area (Å²) in [7, 11) is 0. The highest BCUT2D eigenvalue weighted by Gasteiger charge is 2.04. The smallest absolute Gasteiger partial charge is 0.219 e. The van der Waals surface area contributed by atoms with Crippen LogP contribution in [0.25, 0.3) is 0 Å². The summed E-state index contributed by atoms with van der Waals surface area (Å²) in [6.45, 7) is 5.40. The lowest BCUT2D eigenvalue weighted by Gasteiger charge is -2.05. The SMILES string of the molecule is CCCn1cc(Oc2cc(CN)cc(C)n2)cn1. The Balaban J connectivity index is 2.14. The predicted molar refractivity (Wildman–Crippen MR) is 69.5 cm³/mol. The van der Waals surface area contributed by atoms with E-state index in [-0.39, 0.29) is 0 Å². The minimum absolute atomic E-state index is 0.481. The van der Waals surface area contributed by atoms with Crippen molar-refractivity contribution in [1.82, 2.24) is 14.8 Å². The molecule has 0 bridgehead atoms. The number of nitrogens with zero attached hydrogens (tertiary/aromatic N) is 3. The van der Waals surface area contributed by atoms with Gasteiger partial charge in [0.15, 0.2) is 5.75 Å². The Morgan fingerprint density at radius 1 is 1.39 bits per heavy atom. The molecule has 0 radical (unpaired) electrons. The van der Waals surface area contributed by atoms with Crippen LogP contribution in [0.15, 0.2) is 24.5 Å². The highest BCUT2D eigenvalue weighted by Crippen LogP contribution is 2.20. The molecule has 5 heteroatoms. The third kappa shape index (κ3) is 3.07. The zero-order chi connectivity index (χ0) is 13.0. The van der Waals surface area contributed by atoms with Crippen molar-refractivity contribution in [1.29, 1.82) is 0 Å². The summed E-state index contributed by atoms with van der Waals surface area (Å²) in [6.07, 6.45) is 4.61. The molecule has 2 rings (SSSR count). The number of nitrogens with two attached hydrogens (primary N) is 1. The van der Waals surface area contributed by atoms with Gasteiger partial charge in [-0.25, -0.2) is 4.98 Å². The van der Waals surface area contributed by atoms with E-state index in [1.54, 1.807) is 6.20 Å². The normalized spacial score (nSPS) is 10.6. The van der Waals surface area contributed by atoms with Gasteiger partial charge in [-0.1, -0.05) is 6.92 Å².